The Kier molecular flexibility index (Phi) is 6.32. The van der Waals surface area contributed by atoms with E-state index in [0.717, 1.165) is 11.3 Å². The molecule has 17 heavy (non-hydrogen) atoms. The van der Waals surface area contributed by atoms with Gasteiger partial charge in [-0.2, -0.15) is 0 Å². The molecular formula is C15H16O2. The largest absolute Gasteiger partial charge is 0.497 e. The van der Waals surface area contributed by atoms with Crippen LogP contribution >= 0.6 is 0 Å². The summed E-state index contributed by atoms with van der Waals surface area (Å²) in [5.41, 5.74) is 0.955. The highest BCUT2D eigenvalue weighted by molar-refractivity contribution is 5.38. The third kappa shape index (κ3) is 5.60. The number of hydrogen-bond donors (Lipinski definition) is 0. The average Bonchev–Trinajstić information content (AvgIpc) is 2.38. The van der Waals surface area contributed by atoms with Crippen LogP contribution in [0.2, 0.25) is 0 Å². The van der Waals surface area contributed by atoms with Gasteiger partial charge in [-0.15, -0.1) is 0 Å². The van der Waals surface area contributed by atoms with E-state index in [4.69, 9.17) is 9.47 Å². The minimum atomic E-state index is 0.424. The maximum absolute atomic E-state index is 5.27. The molecule has 0 aromatic heterocycles. The number of methoxy groups -OCH3 is 1. The van der Waals surface area contributed by atoms with Crippen LogP contribution < -0.4 is 4.74 Å². The topological polar surface area (TPSA) is 18.5 Å². The van der Waals surface area contributed by atoms with Crippen molar-refractivity contribution in [3.8, 4) is 17.6 Å². The molecule has 0 aliphatic heterocycles. The van der Waals surface area contributed by atoms with Gasteiger partial charge in [0.15, 0.2) is 0 Å². The second-order valence-corrected chi connectivity index (χ2v) is 3.21. The van der Waals surface area contributed by atoms with E-state index < -0.39 is 0 Å². The van der Waals surface area contributed by atoms with E-state index in [9.17, 15) is 0 Å². The van der Waals surface area contributed by atoms with Crippen LogP contribution in [-0.2, 0) is 4.74 Å². The second-order valence-electron chi connectivity index (χ2n) is 3.21. The Balaban J connectivity index is 2.33. The Labute approximate surface area is 103 Å². The Morgan fingerprint density at radius 2 is 2.06 bits per heavy atom. The number of allylic oxidation sites excluding steroid dienone is 2. The molecule has 0 fully saturated rings. The first-order chi connectivity index (χ1) is 8.36. The van der Waals surface area contributed by atoms with Gasteiger partial charge < -0.3 is 9.47 Å². The molecule has 0 amide bonds. The molecule has 0 heterocycles. The zero-order chi connectivity index (χ0) is 12.3. The number of hydrogen-bond acceptors (Lipinski definition) is 2. The monoisotopic (exact) mass is 228 g/mol. The molecule has 0 atom stereocenters. The number of benzene rings is 1. The molecule has 1 aromatic carbocycles. The molecule has 1 rings (SSSR count). The highest BCUT2D eigenvalue weighted by atomic mass is 16.5. The van der Waals surface area contributed by atoms with E-state index in [1.165, 1.54) is 0 Å². The summed E-state index contributed by atoms with van der Waals surface area (Å²) in [5, 5.41) is 0. The maximum Gasteiger partial charge on any atom is 0.118 e. The minimum absolute atomic E-state index is 0.424. The van der Waals surface area contributed by atoms with Gasteiger partial charge in [0, 0.05) is 5.56 Å². The molecular weight excluding hydrogens is 212 g/mol. The Hall–Kier alpha value is -1.98. The normalized spacial score (nSPS) is 9.71. The van der Waals surface area contributed by atoms with Gasteiger partial charge in [-0.3, -0.25) is 0 Å². The van der Waals surface area contributed by atoms with Crippen LogP contribution in [-0.4, -0.2) is 20.3 Å². The zero-order valence-electron chi connectivity index (χ0n) is 9.98. The Bertz CT molecular complexity index is 418. The molecule has 0 spiro atoms. The van der Waals surface area contributed by atoms with Crippen LogP contribution in [0.1, 0.15) is 5.56 Å². The van der Waals surface area contributed by atoms with Gasteiger partial charge in [0.1, 0.15) is 12.4 Å². The molecule has 1 aromatic rings. The summed E-state index contributed by atoms with van der Waals surface area (Å²) in [5.74, 6) is 6.79. The van der Waals surface area contributed by atoms with E-state index in [2.05, 4.69) is 18.4 Å². The van der Waals surface area contributed by atoms with E-state index in [-0.39, 0.29) is 0 Å². The first-order valence-corrected chi connectivity index (χ1v) is 5.35. The second kappa shape index (κ2) is 8.20. The summed E-state index contributed by atoms with van der Waals surface area (Å²) in [6.45, 7) is 4.55. The van der Waals surface area contributed by atoms with Gasteiger partial charge >= 0.3 is 0 Å². The van der Waals surface area contributed by atoms with E-state index in [1.807, 2.05) is 36.4 Å². The lowest BCUT2D eigenvalue weighted by atomic mass is 10.2. The standard InChI is InChI=1S/C15H16O2/c1-3-4-5-12-17-13-6-7-14-8-10-15(16-2)11-9-14/h3-5,8-11H,1,12-13H2,2H3/b5-4+. The fraction of sp³-hybridized carbons (Fsp3) is 0.200. The lowest BCUT2D eigenvalue weighted by Gasteiger charge is -1.97. The molecule has 0 saturated carbocycles. The van der Waals surface area contributed by atoms with Crippen LogP contribution in [0.15, 0.2) is 49.1 Å². The van der Waals surface area contributed by atoms with Gasteiger partial charge in [-0.05, 0) is 24.3 Å². The van der Waals surface area contributed by atoms with Crippen molar-refractivity contribution in [3.05, 3.63) is 54.6 Å². The molecule has 0 unspecified atom stereocenters. The number of ether oxygens (including phenoxy) is 2. The van der Waals surface area contributed by atoms with Crippen LogP contribution in [0, 0.1) is 11.8 Å². The van der Waals surface area contributed by atoms with Crippen molar-refractivity contribution in [2.45, 2.75) is 0 Å². The molecule has 88 valence electrons. The van der Waals surface area contributed by atoms with Gasteiger partial charge in [0.05, 0.1) is 13.7 Å². The predicted octanol–water partition coefficient (Wildman–Crippen LogP) is 2.81. The van der Waals surface area contributed by atoms with Crippen molar-refractivity contribution in [3.63, 3.8) is 0 Å². The van der Waals surface area contributed by atoms with Gasteiger partial charge in [0.25, 0.3) is 0 Å². The highest BCUT2D eigenvalue weighted by Crippen LogP contribution is 2.09. The molecule has 0 saturated heterocycles. The summed E-state index contributed by atoms with van der Waals surface area (Å²) in [4.78, 5) is 0. The molecule has 2 nitrogen and oxygen atoms in total. The first-order valence-electron chi connectivity index (χ1n) is 5.35. The molecule has 0 N–H and O–H groups in total. The van der Waals surface area contributed by atoms with Crippen molar-refractivity contribution < 1.29 is 9.47 Å². The lowest BCUT2D eigenvalue weighted by molar-refractivity contribution is 0.199. The SMILES string of the molecule is C=C/C=C/COCC#Cc1ccc(OC)cc1. The van der Waals surface area contributed by atoms with E-state index in [1.54, 1.807) is 13.2 Å². The highest BCUT2D eigenvalue weighted by Gasteiger charge is 1.89. The molecule has 0 radical (unpaired) electrons. The maximum atomic E-state index is 5.27. The summed E-state index contributed by atoms with van der Waals surface area (Å²) < 4.78 is 10.3. The van der Waals surface area contributed by atoms with Crippen LogP contribution in [0.4, 0.5) is 0 Å². The third-order valence-corrected chi connectivity index (χ3v) is 1.98. The van der Waals surface area contributed by atoms with Crippen LogP contribution in [0.5, 0.6) is 5.75 Å². The van der Waals surface area contributed by atoms with Gasteiger partial charge in [-0.1, -0.05) is 36.6 Å². The Morgan fingerprint density at radius 1 is 1.29 bits per heavy atom. The molecule has 0 aliphatic carbocycles. The summed E-state index contributed by atoms with van der Waals surface area (Å²) >= 11 is 0. The van der Waals surface area contributed by atoms with Crippen molar-refractivity contribution in [2.75, 3.05) is 20.3 Å². The molecule has 0 bridgehead atoms. The minimum Gasteiger partial charge on any atom is -0.497 e. The van der Waals surface area contributed by atoms with Crippen LogP contribution in [0.3, 0.4) is 0 Å². The summed E-state index contributed by atoms with van der Waals surface area (Å²) in [7, 11) is 1.64. The number of rotatable bonds is 5. The fourth-order valence-corrected chi connectivity index (χ4v) is 1.14. The summed E-state index contributed by atoms with van der Waals surface area (Å²) in [6.07, 6.45) is 5.45. The predicted molar refractivity (Wildman–Crippen MR) is 70.0 cm³/mol. The zero-order valence-corrected chi connectivity index (χ0v) is 9.98. The van der Waals surface area contributed by atoms with Crippen molar-refractivity contribution in [1.29, 1.82) is 0 Å². The van der Waals surface area contributed by atoms with Crippen LogP contribution in [0.25, 0.3) is 0 Å². The Morgan fingerprint density at radius 3 is 2.71 bits per heavy atom. The third-order valence-electron chi connectivity index (χ3n) is 1.98. The fourth-order valence-electron chi connectivity index (χ4n) is 1.14. The quantitative estimate of drug-likeness (QED) is 0.438. The smallest absolute Gasteiger partial charge is 0.118 e. The molecule has 0 aliphatic rings. The van der Waals surface area contributed by atoms with E-state index in [0.29, 0.717) is 13.2 Å². The first kappa shape index (κ1) is 13.1. The lowest BCUT2D eigenvalue weighted by Crippen LogP contribution is -1.90. The average molecular weight is 228 g/mol. The van der Waals surface area contributed by atoms with Crippen molar-refractivity contribution in [1.82, 2.24) is 0 Å². The van der Waals surface area contributed by atoms with Crippen molar-refractivity contribution >= 4 is 0 Å². The van der Waals surface area contributed by atoms with Gasteiger partial charge in [-0.25, -0.2) is 0 Å². The van der Waals surface area contributed by atoms with E-state index >= 15 is 0 Å². The summed E-state index contributed by atoms with van der Waals surface area (Å²) in [6, 6.07) is 7.61. The van der Waals surface area contributed by atoms with Crippen molar-refractivity contribution in [2.24, 2.45) is 0 Å². The molecule has 2 heteroatoms. The van der Waals surface area contributed by atoms with Gasteiger partial charge in [0.2, 0.25) is 0 Å².